The highest BCUT2D eigenvalue weighted by Gasteiger charge is 2.29. The maximum absolute atomic E-state index is 6.59. The highest BCUT2D eigenvalue weighted by atomic mass is 32.1. The number of hydrogen-bond donors (Lipinski definition) is 1. The molecule has 2 aliphatic rings. The van der Waals surface area contributed by atoms with Crippen LogP contribution < -0.4 is 15.0 Å². The van der Waals surface area contributed by atoms with Crippen molar-refractivity contribution in [1.29, 1.82) is 0 Å². The zero-order chi connectivity index (χ0) is 23.9. The predicted octanol–water partition coefficient (Wildman–Crippen LogP) is 5.01. The van der Waals surface area contributed by atoms with E-state index in [-0.39, 0.29) is 18.3 Å². The largest absolute Gasteiger partial charge is 0.489 e. The number of aromatic nitrogens is 3. The van der Waals surface area contributed by atoms with Crippen LogP contribution in [0.25, 0.3) is 21.1 Å². The monoisotopic (exact) mass is 491 g/mol. The molecule has 3 atom stereocenters. The van der Waals surface area contributed by atoms with E-state index in [0.717, 1.165) is 70.4 Å². The fourth-order valence-electron chi connectivity index (χ4n) is 4.79. The maximum Gasteiger partial charge on any atom is 0.145 e. The van der Waals surface area contributed by atoms with Crippen LogP contribution in [0, 0.1) is 5.92 Å². The molecule has 0 radical (unpaired) electrons. The first-order valence-electron chi connectivity index (χ1n) is 12.1. The van der Waals surface area contributed by atoms with Crippen LogP contribution in [0.15, 0.2) is 42.2 Å². The van der Waals surface area contributed by atoms with E-state index in [0.29, 0.717) is 5.92 Å². The number of hydrogen-bond acceptors (Lipinski definition) is 9. The molecule has 6 rings (SSSR count). The average molecular weight is 492 g/mol. The minimum atomic E-state index is 0.0198. The topological polar surface area (TPSA) is 81.6 Å². The molecule has 0 spiro atoms. The van der Waals surface area contributed by atoms with Gasteiger partial charge in [0, 0.05) is 36.4 Å². The predicted molar refractivity (Wildman–Crippen MR) is 139 cm³/mol. The van der Waals surface area contributed by atoms with Crippen LogP contribution in [0.5, 0.6) is 5.75 Å². The van der Waals surface area contributed by atoms with Crippen molar-refractivity contribution in [1.82, 2.24) is 15.0 Å². The van der Waals surface area contributed by atoms with Crippen molar-refractivity contribution in [3.8, 4) is 5.75 Å². The second-order valence-electron chi connectivity index (χ2n) is 9.50. The molecule has 2 aliphatic heterocycles. The van der Waals surface area contributed by atoms with Gasteiger partial charge in [-0.2, -0.15) is 0 Å². The molecular weight excluding hydrogens is 462 g/mol. The van der Waals surface area contributed by atoms with Crippen LogP contribution in [0.2, 0.25) is 0 Å². The van der Waals surface area contributed by atoms with E-state index in [1.165, 1.54) is 0 Å². The van der Waals surface area contributed by atoms with Crippen molar-refractivity contribution in [3.63, 3.8) is 0 Å². The summed E-state index contributed by atoms with van der Waals surface area (Å²) in [6, 6.07) is 10.4. The summed E-state index contributed by atoms with van der Waals surface area (Å²) in [4.78, 5) is 16.0. The molecule has 1 N–H and O–H groups in total. The fourth-order valence-corrected chi connectivity index (χ4v) is 5.51. The van der Waals surface area contributed by atoms with Crippen LogP contribution in [0.4, 0.5) is 17.2 Å². The van der Waals surface area contributed by atoms with Gasteiger partial charge in [0.15, 0.2) is 0 Å². The number of anilines is 3. The molecule has 4 heterocycles. The summed E-state index contributed by atoms with van der Waals surface area (Å²) in [5, 5.41) is 4.38. The zero-order valence-corrected chi connectivity index (χ0v) is 20.9. The van der Waals surface area contributed by atoms with Gasteiger partial charge in [0.2, 0.25) is 0 Å². The van der Waals surface area contributed by atoms with Crippen molar-refractivity contribution < 1.29 is 14.2 Å². The van der Waals surface area contributed by atoms with Crippen molar-refractivity contribution in [2.24, 2.45) is 5.92 Å². The molecule has 2 aromatic carbocycles. The van der Waals surface area contributed by atoms with Gasteiger partial charge in [-0.05, 0) is 45.0 Å². The van der Waals surface area contributed by atoms with E-state index in [1.807, 2.05) is 17.6 Å². The van der Waals surface area contributed by atoms with Gasteiger partial charge in [0.05, 0.1) is 52.1 Å². The third-order valence-corrected chi connectivity index (χ3v) is 7.50. The number of nitrogens with one attached hydrogen (secondary N) is 1. The number of nitrogens with zero attached hydrogens (tertiary/aromatic N) is 4. The first-order valence-corrected chi connectivity index (χ1v) is 13.0. The summed E-state index contributed by atoms with van der Waals surface area (Å²) in [5.41, 5.74) is 5.74. The summed E-state index contributed by atoms with van der Waals surface area (Å²) in [6.07, 6.45) is 1.95. The molecular formula is C26H29N5O3S. The van der Waals surface area contributed by atoms with E-state index in [9.17, 15) is 0 Å². The molecule has 0 unspecified atom stereocenters. The SMILES string of the molecule is C[C@@H]1CN(c2cc(O[C@H](C)C3COC3)c3c(Nc4ccc5ncsc5c4)ncnc3c2)C[C@H](C)O1. The Morgan fingerprint density at radius 1 is 1.06 bits per heavy atom. The lowest BCUT2D eigenvalue weighted by atomic mass is 10.0. The number of morpholine rings is 1. The summed E-state index contributed by atoms with van der Waals surface area (Å²) in [6.45, 7) is 9.45. The first kappa shape index (κ1) is 22.5. The quantitative estimate of drug-likeness (QED) is 0.403. The third-order valence-electron chi connectivity index (χ3n) is 6.71. The second-order valence-corrected chi connectivity index (χ2v) is 10.4. The molecule has 0 aliphatic carbocycles. The standard InChI is InChI=1S/C26H29N5O3S/c1-15-9-31(10-16(2)33-15)20-7-22-25(23(8-20)34-17(3)18-11-32-12-18)26(28-13-27-22)30-19-4-5-21-24(6-19)35-14-29-21/h4-8,13-18H,9-12H2,1-3H3,(H,27,28,30)/t15-,16+,17-/m1/s1. The Balaban J connectivity index is 1.41. The van der Waals surface area contributed by atoms with Crippen LogP contribution in [0.1, 0.15) is 20.8 Å². The van der Waals surface area contributed by atoms with Gasteiger partial charge in [-0.25, -0.2) is 15.0 Å². The number of ether oxygens (including phenoxy) is 3. The second kappa shape index (κ2) is 9.22. The summed E-state index contributed by atoms with van der Waals surface area (Å²) in [5.74, 6) is 1.89. The van der Waals surface area contributed by atoms with Crippen LogP contribution in [-0.2, 0) is 9.47 Å². The summed E-state index contributed by atoms with van der Waals surface area (Å²) < 4.78 is 19.1. The first-order chi connectivity index (χ1) is 17.0. The van der Waals surface area contributed by atoms with Gasteiger partial charge in [-0.15, -0.1) is 11.3 Å². The Kier molecular flexibility index (Phi) is 5.91. The molecule has 35 heavy (non-hydrogen) atoms. The Morgan fingerprint density at radius 3 is 2.66 bits per heavy atom. The van der Waals surface area contributed by atoms with E-state index < -0.39 is 0 Å². The van der Waals surface area contributed by atoms with Gasteiger partial charge in [0.25, 0.3) is 0 Å². The Morgan fingerprint density at radius 2 is 1.89 bits per heavy atom. The minimum Gasteiger partial charge on any atom is -0.489 e. The van der Waals surface area contributed by atoms with E-state index >= 15 is 0 Å². The Bertz CT molecular complexity index is 1350. The molecule has 9 heteroatoms. The van der Waals surface area contributed by atoms with Crippen molar-refractivity contribution >= 4 is 49.6 Å². The molecule has 0 bridgehead atoms. The molecule has 0 saturated carbocycles. The van der Waals surface area contributed by atoms with Gasteiger partial charge in [-0.1, -0.05) is 0 Å². The van der Waals surface area contributed by atoms with E-state index in [4.69, 9.17) is 14.2 Å². The fraction of sp³-hybridized carbons (Fsp3) is 0.423. The lowest BCUT2D eigenvalue weighted by Gasteiger charge is -2.37. The van der Waals surface area contributed by atoms with E-state index in [2.05, 4.69) is 64.1 Å². The van der Waals surface area contributed by atoms with Crippen molar-refractivity contribution in [2.75, 3.05) is 36.5 Å². The number of thiazole rings is 1. The molecule has 2 aromatic heterocycles. The molecule has 2 fully saturated rings. The molecule has 0 amide bonds. The van der Waals surface area contributed by atoms with Crippen LogP contribution in [0.3, 0.4) is 0 Å². The molecule has 4 aromatic rings. The summed E-state index contributed by atoms with van der Waals surface area (Å²) >= 11 is 1.62. The highest BCUT2D eigenvalue weighted by molar-refractivity contribution is 7.16. The minimum absolute atomic E-state index is 0.0198. The lowest BCUT2D eigenvalue weighted by molar-refractivity contribution is -0.0773. The van der Waals surface area contributed by atoms with Crippen LogP contribution >= 0.6 is 11.3 Å². The van der Waals surface area contributed by atoms with Crippen molar-refractivity contribution in [3.05, 3.63) is 42.2 Å². The van der Waals surface area contributed by atoms with Gasteiger partial charge in [-0.3, -0.25) is 0 Å². The Hall–Kier alpha value is -3.01. The number of benzene rings is 2. The molecule has 8 nitrogen and oxygen atoms in total. The van der Waals surface area contributed by atoms with Gasteiger partial charge < -0.3 is 24.4 Å². The average Bonchev–Trinajstić information content (AvgIpc) is 3.25. The maximum atomic E-state index is 6.59. The normalized spacial score (nSPS) is 21.7. The number of fused-ring (bicyclic) bond motifs is 2. The summed E-state index contributed by atoms with van der Waals surface area (Å²) in [7, 11) is 0. The Labute approximate surface area is 208 Å². The van der Waals surface area contributed by atoms with Gasteiger partial charge in [0.1, 0.15) is 24.0 Å². The van der Waals surface area contributed by atoms with Crippen LogP contribution in [-0.4, -0.2) is 59.6 Å². The smallest absolute Gasteiger partial charge is 0.145 e. The zero-order valence-electron chi connectivity index (χ0n) is 20.1. The molecule has 182 valence electrons. The van der Waals surface area contributed by atoms with E-state index in [1.54, 1.807) is 17.7 Å². The van der Waals surface area contributed by atoms with Crippen molar-refractivity contribution in [2.45, 2.75) is 39.1 Å². The third kappa shape index (κ3) is 4.51. The van der Waals surface area contributed by atoms with Gasteiger partial charge >= 0.3 is 0 Å². The number of rotatable bonds is 6. The molecule has 2 saturated heterocycles. The highest BCUT2D eigenvalue weighted by Crippen LogP contribution is 2.38. The lowest BCUT2D eigenvalue weighted by Crippen LogP contribution is -2.45.